The minimum Gasteiger partial charge on any atom is -0.316 e. The van der Waals surface area contributed by atoms with Crippen LogP contribution in [-0.4, -0.2) is 27.9 Å². The Morgan fingerprint density at radius 2 is 2.10 bits per heavy atom. The molecule has 0 aliphatic heterocycles. The van der Waals surface area contributed by atoms with E-state index >= 15 is 0 Å². The number of rotatable bonds is 5. The van der Waals surface area contributed by atoms with Gasteiger partial charge in [0.2, 0.25) is 0 Å². The van der Waals surface area contributed by atoms with E-state index in [0.717, 1.165) is 29.1 Å². The molecule has 0 radical (unpaired) electrons. The Hall–Kier alpha value is -1.39. The topological polar surface area (TPSA) is 42.7 Å². The van der Waals surface area contributed by atoms with Gasteiger partial charge in [-0.3, -0.25) is 9.67 Å². The molecule has 0 fully saturated rings. The predicted molar refractivity (Wildman–Crippen MR) is 82.2 cm³/mol. The standard InChI is InChI=1S/C15H21ClN4/c1-10-14(11(2)20(4)19-10)8-13(17-3)7-12-5-6-18-9-15(12)16/h5-6,9,13,17H,7-8H2,1-4H3. The quantitative estimate of drug-likeness (QED) is 0.920. The van der Waals surface area contributed by atoms with Gasteiger partial charge < -0.3 is 5.32 Å². The third kappa shape index (κ3) is 3.19. The molecule has 1 N–H and O–H groups in total. The summed E-state index contributed by atoms with van der Waals surface area (Å²) >= 11 is 6.19. The molecule has 0 bridgehead atoms. The van der Waals surface area contributed by atoms with Gasteiger partial charge in [-0.25, -0.2) is 0 Å². The zero-order valence-corrected chi connectivity index (χ0v) is 13.2. The number of hydrogen-bond acceptors (Lipinski definition) is 3. The lowest BCUT2D eigenvalue weighted by Gasteiger charge is -2.17. The Kier molecular flexibility index (Phi) is 4.78. The second-order valence-electron chi connectivity index (χ2n) is 5.13. The van der Waals surface area contributed by atoms with Crippen LogP contribution in [0.15, 0.2) is 18.5 Å². The molecule has 0 aliphatic rings. The maximum atomic E-state index is 6.19. The fraction of sp³-hybridized carbons (Fsp3) is 0.467. The molecule has 0 amide bonds. The molecule has 0 saturated carbocycles. The van der Waals surface area contributed by atoms with E-state index in [0.29, 0.717) is 6.04 Å². The fourth-order valence-electron chi connectivity index (χ4n) is 2.47. The van der Waals surface area contributed by atoms with Crippen LogP contribution in [0.3, 0.4) is 0 Å². The van der Waals surface area contributed by atoms with Crippen LogP contribution in [0, 0.1) is 13.8 Å². The maximum Gasteiger partial charge on any atom is 0.0628 e. The summed E-state index contributed by atoms with van der Waals surface area (Å²) in [6.45, 7) is 4.18. The van der Waals surface area contributed by atoms with E-state index in [1.807, 2.05) is 24.8 Å². The molecule has 0 spiro atoms. The van der Waals surface area contributed by atoms with Crippen molar-refractivity contribution in [2.75, 3.05) is 7.05 Å². The van der Waals surface area contributed by atoms with Gasteiger partial charge in [0.25, 0.3) is 0 Å². The van der Waals surface area contributed by atoms with E-state index < -0.39 is 0 Å². The lowest BCUT2D eigenvalue weighted by atomic mass is 9.98. The van der Waals surface area contributed by atoms with Crippen LogP contribution in [0.4, 0.5) is 0 Å². The number of likely N-dealkylation sites (N-methyl/N-ethyl adjacent to an activating group) is 1. The van der Waals surface area contributed by atoms with Crippen LogP contribution in [-0.2, 0) is 19.9 Å². The van der Waals surface area contributed by atoms with Crippen molar-refractivity contribution in [3.05, 3.63) is 46.0 Å². The monoisotopic (exact) mass is 292 g/mol. The van der Waals surface area contributed by atoms with E-state index in [1.54, 1.807) is 12.4 Å². The lowest BCUT2D eigenvalue weighted by Crippen LogP contribution is -2.30. The van der Waals surface area contributed by atoms with E-state index in [-0.39, 0.29) is 0 Å². The first kappa shape index (κ1) is 15.0. The number of aromatic nitrogens is 3. The van der Waals surface area contributed by atoms with Crippen molar-refractivity contribution in [3.63, 3.8) is 0 Å². The highest BCUT2D eigenvalue weighted by atomic mass is 35.5. The Balaban J connectivity index is 2.15. The van der Waals surface area contributed by atoms with Gasteiger partial charge in [0.05, 0.1) is 10.7 Å². The van der Waals surface area contributed by atoms with Crippen molar-refractivity contribution in [1.29, 1.82) is 0 Å². The van der Waals surface area contributed by atoms with Crippen molar-refractivity contribution in [1.82, 2.24) is 20.1 Å². The summed E-state index contributed by atoms with van der Waals surface area (Å²) in [5.74, 6) is 0. The summed E-state index contributed by atoms with van der Waals surface area (Å²) in [4.78, 5) is 4.03. The third-order valence-electron chi connectivity index (χ3n) is 3.84. The summed E-state index contributed by atoms with van der Waals surface area (Å²) < 4.78 is 1.94. The van der Waals surface area contributed by atoms with Crippen LogP contribution in [0.2, 0.25) is 5.02 Å². The average Bonchev–Trinajstić information content (AvgIpc) is 2.66. The minimum atomic E-state index is 0.330. The molecular weight excluding hydrogens is 272 g/mol. The summed E-state index contributed by atoms with van der Waals surface area (Å²) in [6, 6.07) is 2.31. The first-order valence-corrected chi connectivity index (χ1v) is 7.15. The number of aryl methyl sites for hydroxylation is 2. The van der Waals surface area contributed by atoms with Crippen molar-refractivity contribution >= 4 is 11.6 Å². The average molecular weight is 293 g/mol. The Morgan fingerprint density at radius 3 is 2.65 bits per heavy atom. The number of halogens is 1. The molecule has 5 heteroatoms. The van der Waals surface area contributed by atoms with Crippen LogP contribution in [0.5, 0.6) is 0 Å². The van der Waals surface area contributed by atoms with Crippen LogP contribution >= 0.6 is 11.6 Å². The first-order valence-electron chi connectivity index (χ1n) is 6.77. The molecule has 0 aliphatic carbocycles. The molecule has 20 heavy (non-hydrogen) atoms. The molecule has 108 valence electrons. The Morgan fingerprint density at radius 1 is 1.35 bits per heavy atom. The van der Waals surface area contributed by atoms with Gasteiger partial charge in [-0.05, 0) is 50.9 Å². The van der Waals surface area contributed by atoms with Gasteiger partial charge in [-0.1, -0.05) is 11.6 Å². The van der Waals surface area contributed by atoms with E-state index in [4.69, 9.17) is 11.6 Å². The maximum absolute atomic E-state index is 6.19. The van der Waals surface area contributed by atoms with Gasteiger partial charge in [0, 0.05) is 31.2 Å². The number of hydrogen-bond donors (Lipinski definition) is 1. The summed E-state index contributed by atoms with van der Waals surface area (Å²) in [7, 11) is 3.97. The van der Waals surface area contributed by atoms with Crippen molar-refractivity contribution in [2.24, 2.45) is 7.05 Å². The summed E-state index contributed by atoms with van der Waals surface area (Å²) in [5, 5.41) is 8.58. The van der Waals surface area contributed by atoms with Crippen molar-refractivity contribution in [3.8, 4) is 0 Å². The van der Waals surface area contributed by atoms with Gasteiger partial charge in [0.15, 0.2) is 0 Å². The molecule has 2 aromatic heterocycles. The molecule has 2 heterocycles. The molecule has 4 nitrogen and oxygen atoms in total. The minimum absolute atomic E-state index is 0.330. The molecule has 1 unspecified atom stereocenters. The van der Waals surface area contributed by atoms with Gasteiger partial charge in [-0.15, -0.1) is 0 Å². The number of pyridine rings is 1. The summed E-state index contributed by atoms with van der Waals surface area (Å²) in [5.41, 5.74) is 4.77. The Labute approximate surface area is 125 Å². The molecule has 2 rings (SSSR count). The zero-order valence-electron chi connectivity index (χ0n) is 12.4. The predicted octanol–water partition coefficient (Wildman–Crippen LogP) is 2.46. The van der Waals surface area contributed by atoms with Crippen molar-refractivity contribution in [2.45, 2.75) is 32.7 Å². The number of nitrogens with zero attached hydrogens (tertiary/aromatic N) is 3. The normalized spacial score (nSPS) is 12.7. The molecule has 0 saturated heterocycles. The van der Waals surface area contributed by atoms with E-state index in [9.17, 15) is 0 Å². The molecule has 1 atom stereocenters. The van der Waals surface area contributed by atoms with E-state index in [1.165, 1.54) is 11.3 Å². The SMILES string of the molecule is CNC(Cc1ccncc1Cl)Cc1c(C)nn(C)c1C. The van der Waals surface area contributed by atoms with Crippen LogP contribution < -0.4 is 5.32 Å². The smallest absolute Gasteiger partial charge is 0.0628 e. The third-order valence-corrected chi connectivity index (χ3v) is 4.18. The highest BCUT2D eigenvalue weighted by molar-refractivity contribution is 6.31. The second-order valence-corrected chi connectivity index (χ2v) is 5.54. The second kappa shape index (κ2) is 6.37. The lowest BCUT2D eigenvalue weighted by molar-refractivity contribution is 0.553. The largest absolute Gasteiger partial charge is 0.316 e. The van der Waals surface area contributed by atoms with Crippen LogP contribution in [0.1, 0.15) is 22.5 Å². The molecule has 0 aromatic carbocycles. The summed E-state index contributed by atoms with van der Waals surface area (Å²) in [6.07, 6.45) is 5.31. The molecular formula is C15H21ClN4. The van der Waals surface area contributed by atoms with Gasteiger partial charge in [-0.2, -0.15) is 5.10 Å². The van der Waals surface area contributed by atoms with Crippen molar-refractivity contribution < 1.29 is 0 Å². The highest BCUT2D eigenvalue weighted by Gasteiger charge is 2.16. The molecule has 2 aromatic rings. The van der Waals surface area contributed by atoms with Crippen LogP contribution in [0.25, 0.3) is 0 Å². The fourth-order valence-corrected chi connectivity index (χ4v) is 2.67. The zero-order chi connectivity index (χ0) is 14.7. The van der Waals surface area contributed by atoms with Gasteiger partial charge in [0.1, 0.15) is 0 Å². The number of nitrogens with one attached hydrogen (secondary N) is 1. The van der Waals surface area contributed by atoms with Gasteiger partial charge >= 0.3 is 0 Å². The first-order chi connectivity index (χ1) is 9.52. The van der Waals surface area contributed by atoms with E-state index in [2.05, 4.69) is 29.2 Å². The Bertz CT molecular complexity index is 592. The highest BCUT2D eigenvalue weighted by Crippen LogP contribution is 2.19.